The maximum Gasteiger partial charge on any atom is 0.221 e. The molecule has 18 heavy (non-hydrogen) atoms. The molecule has 2 atom stereocenters. The molecule has 0 radical (unpaired) electrons. The van der Waals surface area contributed by atoms with E-state index in [1.165, 1.54) is 0 Å². The van der Waals surface area contributed by atoms with Crippen LogP contribution in [0.5, 0.6) is 0 Å². The highest BCUT2D eigenvalue weighted by molar-refractivity contribution is 6.88. The van der Waals surface area contributed by atoms with Crippen LogP contribution in [-0.2, 0) is 4.43 Å². The summed E-state index contributed by atoms with van der Waals surface area (Å²) < 4.78 is 5.68. The van der Waals surface area contributed by atoms with Crippen molar-refractivity contribution < 1.29 is 4.43 Å². The van der Waals surface area contributed by atoms with Crippen molar-refractivity contribution in [2.24, 2.45) is 5.92 Å². The van der Waals surface area contributed by atoms with Crippen LogP contribution >= 0.6 is 23.2 Å². The van der Waals surface area contributed by atoms with Crippen molar-refractivity contribution >= 4 is 31.5 Å². The Kier molecular flexibility index (Phi) is 8.30. The van der Waals surface area contributed by atoms with Gasteiger partial charge in [-0.05, 0) is 37.9 Å². The van der Waals surface area contributed by atoms with Gasteiger partial charge in [0, 0.05) is 0 Å². The number of hydrogen-bond acceptors (Lipinski definition) is 1. The van der Waals surface area contributed by atoms with E-state index in [1.54, 1.807) is 0 Å². The Morgan fingerprint density at radius 2 is 1.94 bits per heavy atom. The van der Waals surface area contributed by atoms with Crippen LogP contribution in [0.4, 0.5) is 0 Å². The Morgan fingerprint density at radius 1 is 1.39 bits per heavy atom. The number of allylic oxidation sites excluding steroid dienone is 1. The van der Waals surface area contributed by atoms with E-state index in [0.29, 0.717) is 5.92 Å². The van der Waals surface area contributed by atoms with Crippen LogP contribution in [0.2, 0.25) is 13.1 Å². The molecule has 0 spiro atoms. The van der Waals surface area contributed by atoms with E-state index in [-0.39, 0.29) is 6.10 Å². The molecule has 0 heterocycles. The van der Waals surface area contributed by atoms with Crippen LogP contribution in [0.25, 0.3) is 0 Å². The predicted octanol–water partition coefficient (Wildman–Crippen LogP) is 4.94. The van der Waals surface area contributed by atoms with Crippen LogP contribution < -0.4 is 0 Å². The van der Waals surface area contributed by atoms with E-state index in [9.17, 15) is 0 Å². The van der Waals surface area contributed by atoms with Gasteiger partial charge in [-0.2, -0.15) is 0 Å². The first kappa shape index (κ1) is 18.1. The molecule has 0 rings (SSSR count). The first-order valence-electron chi connectivity index (χ1n) is 6.33. The number of rotatable bonds is 6. The van der Waals surface area contributed by atoms with Crippen molar-refractivity contribution in [1.29, 1.82) is 0 Å². The monoisotopic (exact) mass is 306 g/mol. The summed E-state index contributed by atoms with van der Waals surface area (Å²) in [6.07, 6.45) is 2.08. The fourth-order valence-corrected chi connectivity index (χ4v) is 2.82. The minimum Gasteiger partial charge on any atom is -0.401 e. The number of halogens is 2. The Hall–Kier alpha value is 0.0569. The summed E-state index contributed by atoms with van der Waals surface area (Å²) in [4.78, 5) is 0. The molecule has 0 amide bonds. The average molecular weight is 307 g/mol. The topological polar surface area (TPSA) is 9.23 Å². The van der Waals surface area contributed by atoms with E-state index in [0.717, 1.165) is 18.4 Å². The van der Waals surface area contributed by atoms with E-state index >= 15 is 0 Å². The second kappa shape index (κ2) is 8.27. The first-order valence-corrected chi connectivity index (χ1v) is 10.2. The van der Waals surface area contributed by atoms with Gasteiger partial charge in [-0.3, -0.25) is 0 Å². The lowest BCUT2D eigenvalue weighted by Gasteiger charge is -2.30. The molecular formula is C14H24Cl2OSi. The highest BCUT2D eigenvalue weighted by Gasteiger charge is 2.34. The van der Waals surface area contributed by atoms with E-state index in [4.69, 9.17) is 27.6 Å². The normalized spacial score (nSPS) is 14.9. The SMILES string of the molecule is C=C(C)C#CC(O[Si](C)(C)C(Cl)Cl)C(C)CCC. The van der Waals surface area contributed by atoms with Gasteiger partial charge < -0.3 is 4.43 Å². The summed E-state index contributed by atoms with van der Waals surface area (Å²) in [6.45, 7) is 14.0. The molecule has 0 bridgehead atoms. The Morgan fingerprint density at radius 3 is 2.33 bits per heavy atom. The van der Waals surface area contributed by atoms with Crippen LogP contribution in [-0.4, -0.2) is 18.9 Å². The van der Waals surface area contributed by atoms with E-state index < -0.39 is 12.8 Å². The van der Waals surface area contributed by atoms with Crippen LogP contribution in [0.1, 0.15) is 33.6 Å². The van der Waals surface area contributed by atoms with Gasteiger partial charge in [-0.25, -0.2) is 0 Å². The molecule has 0 fully saturated rings. The molecule has 4 heteroatoms. The molecule has 0 aromatic carbocycles. The molecule has 0 saturated heterocycles. The van der Waals surface area contributed by atoms with Crippen molar-refractivity contribution in [1.82, 2.24) is 0 Å². The standard InChI is InChI=1S/C14H24Cl2OSi/c1-7-8-12(4)13(10-9-11(2)3)17-18(5,6)14(15)16/h12-14H,2,7-8H2,1,3-6H3. The number of alkyl halides is 2. The van der Waals surface area contributed by atoms with Crippen LogP contribution in [0.3, 0.4) is 0 Å². The maximum atomic E-state index is 6.12. The van der Waals surface area contributed by atoms with Gasteiger partial charge in [-0.1, -0.05) is 38.7 Å². The highest BCUT2D eigenvalue weighted by atomic mass is 35.5. The number of hydrogen-bond donors (Lipinski definition) is 0. The first-order chi connectivity index (χ1) is 8.20. The molecule has 0 saturated carbocycles. The quantitative estimate of drug-likeness (QED) is 0.384. The van der Waals surface area contributed by atoms with Gasteiger partial charge in [0.15, 0.2) is 0 Å². The highest BCUT2D eigenvalue weighted by Crippen LogP contribution is 2.25. The molecule has 104 valence electrons. The van der Waals surface area contributed by atoms with Crippen molar-refractivity contribution in [3.8, 4) is 11.8 Å². The molecule has 0 N–H and O–H groups in total. The van der Waals surface area contributed by atoms with E-state index in [2.05, 4.69) is 32.3 Å². The second-order valence-electron chi connectivity index (χ2n) is 5.26. The maximum absolute atomic E-state index is 6.12. The molecule has 2 unspecified atom stereocenters. The summed E-state index contributed by atoms with van der Waals surface area (Å²) in [7, 11) is -2.11. The fourth-order valence-electron chi connectivity index (χ4n) is 1.47. The van der Waals surface area contributed by atoms with Gasteiger partial charge in [0.2, 0.25) is 8.32 Å². The van der Waals surface area contributed by atoms with Gasteiger partial charge >= 0.3 is 0 Å². The lowest BCUT2D eigenvalue weighted by atomic mass is 10.00. The largest absolute Gasteiger partial charge is 0.401 e. The second-order valence-corrected chi connectivity index (χ2v) is 11.1. The third kappa shape index (κ3) is 6.85. The third-order valence-electron chi connectivity index (χ3n) is 2.64. The zero-order chi connectivity index (χ0) is 14.3. The molecule has 1 nitrogen and oxygen atoms in total. The van der Waals surface area contributed by atoms with Gasteiger partial charge in [0.05, 0.1) is 0 Å². The smallest absolute Gasteiger partial charge is 0.221 e. The zero-order valence-corrected chi connectivity index (χ0v) is 14.5. The van der Waals surface area contributed by atoms with Crippen LogP contribution in [0, 0.1) is 17.8 Å². The zero-order valence-electron chi connectivity index (χ0n) is 12.0. The Balaban J connectivity index is 4.89. The van der Waals surface area contributed by atoms with Crippen molar-refractivity contribution in [2.75, 3.05) is 0 Å². The van der Waals surface area contributed by atoms with Crippen molar-refractivity contribution in [3.05, 3.63) is 12.2 Å². The summed E-state index contributed by atoms with van der Waals surface area (Å²) in [5.41, 5.74) is 0.847. The minimum absolute atomic E-state index is 0.108. The third-order valence-corrected chi connectivity index (χ3v) is 7.71. The molecule has 0 aliphatic carbocycles. The molecular weight excluding hydrogens is 283 g/mol. The lowest BCUT2D eigenvalue weighted by molar-refractivity contribution is 0.181. The van der Waals surface area contributed by atoms with E-state index in [1.807, 2.05) is 20.0 Å². The van der Waals surface area contributed by atoms with Crippen molar-refractivity contribution in [2.45, 2.75) is 57.3 Å². The lowest BCUT2D eigenvalue weighted by Crippen LogP contribution is -2.43. The summed E-state index contributed by atoms with van der Waals surface area (Å²) in [5.74, 6) is 6.55. The van der Waals surface area contributed by atoms with Gasteiger partial charge in [-0.15, -0.1) is 23.2 Å². The summed E-state index contributed by atoms with van der Waals surface area (Å²) in [5, 5.41) is 0. The molecule has 0 aromatic rings. The molecule has 0 aromatic heterocycles. The summed E-state index contributed by atoms with van der Waals surface area (Å²) >= 11 is 12.0. The van der Waals surface area contributed by atoms with Crippen molar-refractivity contribution in [3.63, 3.8) is 0 Å². The minimum atomic E-state index is -2.11. The fraction of sp³-hybridized carbons (Fsp3) is 0.714. The molecule has 0 aliphatic heterocycles. The Bertz CT molecular complexity index is 328. The van der Waals surface area contributed by atoms with Crippen LogP contribution in [0.15, 0.2) is 12.2 Å². The predicted molar refractivity (Wildman–Crippen MR) is 84.5 cm³/mol. The van der Waals surface area contributed by atoms with Gasteiger partial charge in [0.1, 0.15) is 10.6 Å². The summed E-state index contributed by atoms with van der Waals surface area (Å²) in [6, 6.07) is 0. The average Bonchev–Trinajstić information content (AvgIpc) is 2.23. The Labute approximate surface area is 123 Å². The molecule has 0 aliphatic rings. The van der Waals surface area contributed by atoms with Gasteiger partial charge in [0.25, 0.3) is 0 Å².